The number of ether oxygens (including phenoxy) is 1. The lowest BCUT2D eigenvalue weighted by molar-refractivity contribution is -0.116. The third-order valence-electron chi connectivity index (χ3n) is 2.71. The van der Waals surface area contributed by atoms with Crippen LogP contribution in [0.25, 0.3) is 0 Å². The Kier molecular flexibility index (Phi) is 4.50. The molecule has 0 spiro atoms. The summed E-state index contributed by atoms with van der Waals surface area (Å²) >= 11 is 3.33. The van der Waals surface area contributed by atoms with Gasteiger partial charge in [-0.05, 0) is 31.4 Å². The zero-order chi connectivity index (χ0) is 12.1. The van der Waals surface area contributed by atoms with E-state index in [1.807, 2.05) is 6.07 Å². The Morgan fingerprint density at radius 2 is 2.53 bits per heavy atom. The van der Waals surface area contributed by atoms with E-state index in [1.54, 1.807) is 12.3 Å². The number of nitrogens with one attached hydrogen (secondary N) is 1. The summed E-state index contributed by atoms with van der Waals surface area (Å²) in [6, 6.07) is 3.60. The third kappa shape index (κ3) is 4.09. The van der Waals surface area contributed by atoms with Crippen LogP contribution in [-0.4, -0.2) is 23.6 Å². The molecule has 0 bridgehead atoms. The molecule has 0 aromatic carbocycles. The number of aromatic nitrogens is 1. The van der Waals surface area contributed by atoms with Crippen molar-refractivity contribution in [2.45, 2.75) is 31.8 Å². The number of carbonyl (C=O) groups is 1. The molecule has 1 atom stereocenters. The van der Waals surface area contributed by atoms with Gasteiger partial charge in [-0.25, -0.2) is 4.98 Å². The molecular weight excluding hydrogens is 284 g/mol. The van der Waals surface area contributed by atoms with E-state index in [4.69, 9.17) is 4.74 Å². The second kappa shape index (κ2) is 6.12. The number of rotatable bonds is 4. The van der Waals surface area contributed by atoms with Gasteiger partial charge < -0.3 is 10.1 Å². The first-order chi connectivity index (χ1) is 8.24. The van der Waals surface area contributed by atoms with Crippen LogP contribution in [0.15, 0.2) is 22.8 Å². The van der Waals surface area contributed by atoms with Crippen LogP contribution >= 0.6 is 15.9 Å². The molecule has 1 fully saturated rings. The monoisotopic (exact) mass is 298 g/mol. The van der Waals surface area contributed by atoms with Gasteiger partial charge in [-0.1, -0.05) is 15.9 Å². The molecule has 1 amide bonds. The fourth-order valence-corrected chi connectivity index (χ4v) is 2.18. The van der Waals surface area contributed by atoms with Crippen LogP contribution in [0.3, 0.4) is 0 Å². The predicted octanol–water partition coefficient (Wildman–Crippen LogP) is 2.74. The van der Waals surface area contributed by atoms with Gasteiger partial charge in [0.2, 0.25) is 5.91 Å². The van der Waals surface area contributed by atoms with Gasteiger partial charge >= 0.3 is 0 Å². The minimum Gasteiger partial charge on any atom is -0.378 e. The van der Waals surface area contributed by atoms with Crippen molar-refractivity contribution in [1.29, 1.82) is 0 Å². The molecule has 2 heterocycles. The molecule has 5 heteroatoms. The first-order valence-electron chi connectivity index (χ1n) is 5.77. The SMILES string of the molecule is O=C(CCC1CCCO1)Nc1cc(Br)ccn1. The Labute approximate surface area is 109 Å². The van der Waals surface area contributed by atoms with Crippen molar-refractivity contribution in [3.05, 3.63) is 22.8 Å². The van der Waals surface area contributed by atoms with Crippen molar-refractivity contribution in [2.24, 2.45) is 0 Å². The van der Waals surface area contributed by atoms with Crippen LogP contribution in [0.1, 0.15) is 25.7 Å². The number of anilines is 1. The highest BCUT2D eigenvalue weighted by Gasteiger charge is 2.16. The van der Waals surface area contributed by atoms with Gasteiger partial charge in [0.25, 0.3) is 0 Å². The third-order valence-corrected chi connectivity index (χ3v) is 3.20. The zero-order valence-electron chi connectivity index (χ0n) is 9.49. The van der Waals surface area contributed by atoms with E-state index >= 15 is 0 Å². The van der Waals surface area contributed by atoms with Crippen molar-refractivity contribution in [3.63, 3.8) is 0 Å². The molecule has 0 radical (unpaired) electrons. The largest absolute Gasteiger partial charge is 0.378 e. The van der Waals surface area contributed by atoms with E-state index in [0.29, 0.717) is 12.2 Å². The van der Waals surface area contributed by atoms with Crippen molar-refractivity contribution in [1.82, 2.24) is 4.98 Å². The van der Waals surface area contributed by atoms with Gasteiger partial charge in [-0.3, -0.25) is 4.79 Å². The Bertz CT molecular complexity index is 392. The van der Waals surface area contributed by atoms with Gasteiger partial charge in [0, 0.05) is 23.7 Å². The maximum absolute atomic E-state index is 11.7. The second-order valence-corrected chi connectivity index (χ2v) is 5.00. The van der Waals surface area contributed by atoms with Crippen LogP contribution < -0.4 is 5.32 Å². The molecule has 1 aromatic rings. The lowest BCUT2D eigenvalue weighted by Crippen LogP contribution is -2.15. The molecule has 17 heavy (non-hydrogen) atoms. The summed E-state index contributed by atoms with van der Waals surface area (Å²) in [6.45, 7) is 0.833. The van der Waals surface area contributed by atoms with Crippen LogP contribution in [0.5, 0.6) is 0 Å². The number of hydrogen-bond acceptors (Lipinski definition) is 3. The van der Waals surface area contributed by atoms with Gasteiger partial charge in [0.05, 0.1) is 6.10 Å². The highest BCUT2D eigenvalue weighted by molar-refractivity contribution is 9.10. The minimum atomic E-state index is -0.00824. The van der Waals surface area contributed by atoms with E-state index in [9.17, 15) is 4.79 Å². The average molecular weight is 299 g/mol. The summed E-state index contributed by atoms with van der Waals surface area (Å²) < 4.78 is 6.37. The summed E-state index contributed by atoms with van der Waals surface area (Å²) in [5.74, 6) is 0.572. The fourth-order valence-electron chi connectivity index (χ4n) is 1.84. The maximum Gasteiger partial charge on any atom is 0.225 e. The summed E-state index contributed by atoms with van der Waals surface area (Å²) in [5.41, 5.74) is 0. The smallest absolute Gasteiger partial charge is 0.225 e. The fraction of sp³-hybridized carbons (Fsp3) is 0.500. The molecule has 1 saturated heterocycles. The van der Waals surface area contributed by atoms with Gasteiger partial charge in [0.15, 0.2) is 0 Å². The predicted molar refractivity (Wildman–Crippen MR) is 68.8 cm³/mol. The lowest BCUT2D eigenvalue weighted by atomic mass is 10.1. The second-order valence-electron chi connectivity index (χ2n) is 4.08. The number of pyridine rings is 1. The number of carbonyl (C=O) groups excluding carboxylic acids is 1. The number of hydrogen-bond donors (Lipinski definition) is 1. The topological polar surface area (TPSA) is 51.2 Å². The van der Waals surface area contributed by atoms with Crippen LogP contribution in [0.4, 0.5) is 5.82 Å². The molecule has 0 aliphatic carbocycles. The Balaban J connectivity index is 1.76. The average Bonchev–Trinajstić information content (AvgIpc) is 2.79. The standard InChI is InChI=1S/C12H15BrN2O2/c13-9-5-6-14-11(8-9)15-12(16)4-3-10-2-1-7-17-10/h5-6,8,10H,1-4,7H2,(H,14,15,16). The number of nitrogens with zero attached hydrogens (tertiary/aromatic N) is 1. The van der Waals surface area contributed by atoms with Crippen molar-refractivity contribution < 1.29 is 9.53 Å². The molecule has 1 unspecified atom stereocenters. The zero-order valence-corrected chi connectivity index (χ0v) is 11.1. The summed E-state index contributed by atoms with van der Waals surface area (Å²) in [4.78, 5) is 15.7. The summed E-state index contributed by atoms with van der Waals surface area (Å²) in [6.07, 6.45) is 5.37. The normalized spacial score (nSPS) is 19.2. The van der Waals surface area contributed by atoms with E-state index in [0.717, 1.165) is 30.3 Å². The minimum absolute atomic E-state index is 0.00824. The highest BCUT2D eigenvalue weighted by Crippen LogP contribution is 2.17. The maximum atomic E-state index is 11.7. The first kappa shape index (κ1) is 12.5. The van der Waals surface area contributed by atoms with Crippen molar-refractivity contribution in [3.8, 4) is 0 Å². The summed E-state index contributed by atoms with van der Waals surface area (Å²) in [5, 5.41) is 2.77. The molecule has 1 aliphatic rings. The van der Waals surface area contributed by atoms with E-state index in [-0.39, 0.29) is 12.0 Å². The van der Waals surface area contributed by atoms with E-state index < -0.39 is 0 Å². The number of amides is 1. The van der Waals surface area contributed by atoms with Gasteiger partial charge in [0.1, 0.15) is 5.82 Å². The Hall–Kier alpha value is -0.940. The van der Waals surface area contributed by atoms with Crippen LogP contribution in [-0.2, 0) is 9.53 Å². The first-order valence-corrected chi connectivity index (χ1v) is 6.56. The van der Waals surface area contributed by atoms with Gasteiger partial charge in [-0.2, -0.15) is 0 Å². The summed E-state index contributed by atoms with van der Waals surface area (Å²) in [7, 11) is 0. The molecular formula is C12H15BrN2O2. The molecule has 1 N–H and O–H groups in total. The number of halogens is 1. The molecule has 1 aromatic heterocycles. The van der Waals surface area contributed by atoms with Crippen molar-refractivity contribution >= 4 is 27.7 Å². The molecule has 4 nitrogen and oxygen atoms in total. The molecule has 2 rings (SSSR count). The lowest BCUT2D eigenvalue weighted by Gasteiger charge is -2.09. The van der Waals surface area contributed by atoms with Gasteiger partial charge in [-0.15, -0.1) is 0 Å². The quantitative estimate of drug-likeness (QED) is 0.930. The Morgan fingerprint density at radius 3 is 3.24 bits per heavy atom. The van der Waals surface area contributed by atoms with Crippen LogP contribution in [0.2, 0.25) is 0 Å². The Morgan fingerprint density at radius 1 is 1.65 bits per heavy atom. The molecule has 92 valence electrons. The van der Waals surface area contributed by atoms with E-state index in [2.05, 4.69) is 26.2 Å². The molecule has 0 saturated carbocycles. The highest BCUT2D eigenvalue weighted by atomic mass is 79.9. The van der Waals surface area contributed by atoms with E-state index in [1.165, 1.54) is 0 Å². The molecule has 1 aliphatic heterocycles. The van der Waals surface area contributed by atoms with Crippen molar-refractivity contribution in [2.75, 3.05) is 11.9 Å². The van der Waals surface area contributed by atoms with Crippen LogP contribution in [0, 0.1) is 0 Å².